The molecule has 0 spiro atoms. The minimum Gasteiger partial charge on any atom is -0.330 e. The summed E-state index contributed by atoms with van der Waals surface area (Å²) in [6, 6.07) is 6.48. The van der Waals surface area contributed by atoms with Crippen molar-refractivity contribution in [2.75, 3.05) is 6.54 Å². The van der Waals surface area contributed by atoms with Crippen molar-refractivity contribution >= 4 is 11.3 Å². The highest BCUT2D eigenvalue weighted by Gasteiger charge is 2.11. The van der Waals surface area contributed by atoms with Gasteiger partial charge >= 0.3 is 0 Å². The van der Waals surface area contributed by atoms with E-state index in [0.29, 0.717) is 12.5 Å². The fourth-order valence-electron chi connectivity index (χ4n) is 1.84. The second-order valence-corrected chi connectivity index (χ2v) is 5.42. The summed E-state index contributed by atoms with van der Waals surface area (Å²) in [7, 11) is 0. The number of hydrogen-bond acceptors (Lipinski definition) is 3. The van der Waals surface area contributed by atoms with Crippen LogP contribution in [0, 0.1) is 13.8 Å². The lowest BCUT2D eigenvalue weighted by Crippen LogP contribution is -2.08. The second-order valence-electron chi connectivity index (χ2n) is 4.53. The van der Waals surface area contributed by atoms with Gasteiger partial charge in [-0.1, -0.05) is 30.7 Å². The number of rotatable bonds is 3. The average molecular weight is 246 g/mol. The molecule has 0 saturated heterocycles. The van der Waals surface area contributed by atoms with E-state index in [4.69, 9.17) is 5.73 Å². The molecular weight excluding hydrogens is 228 g/mol. The third kappa shape index (κ3) is 2.56. The first-order chi connectivity index (χ1) is 8.11. The molecule has 0 amide bonds. The molecular formula is C14H18N2S. The van der Waals surface area contributed by atoms with E-state index >= 15 is 0 Å². The van der Waals surface area contributed by atoms with Gasteiger partial charge in [-0.25, -0.2) is 4.98 Å². The summed E-state index contributed by atoms with van der Waals surface area (Å²) in [6.45, 7) is 7.01. The Hall–Kier alpha value is -1.19. The van der Waals surface area contributed by atoms with Gasteiger partial charge < -0.3 is 5.73 Å². The van der Waals surface area contributed by atoms with Crippen LogP contribution in [0.2, 0.25) is 0 Å². The van der Waals surface area contributed by atoms with E-state index in [2.05, 4.69) is 49.3 Å². The highest BCUT2D eigenvalue weighted by atomic mass is 32.1. The Kier molecular flexibility index (Phi) is 3.60. The summed E-state index contributed by atoms with van der Waals surface area (Å²) in [6.07, 6.45) is 0. The molecule has 17 heavy (non-hydrogen) atoms. The van der Waals surface area contributed by atoms with Crippen LogP contribution in [-0.4, -0.2) is 11.5 Å². The Morgan fingerprint density at radius 3 is 2.76 bits per heavy atom. The maximum atomic E-state index is 5.67. The molecule has 0 aliphatic carbocycles. The molecule has 0 bridgehead atoms. The molecule has 0 fully saturated rings. The molecule has 0 saturated carbocycles. The maximum Gasteiger partial charge on any atom is 0.0973 e. The first-order valence-corrected chi connectivity index (χ1v) is 6.73. The fraction of sp³-hybridized carbons (Fsp3) is 0.357. The summed E-state index contributed by atoms with van der Waals surface area (Å²) in [5.41, 5.74) is 10.5. The van der Waals surface area contributed by atoms with Crippen LogP contribution in [0.15, 0.2) is 23.6 Å². The monoisotopic (exact) mass is 246 g/mol. The van der Waals surface area contributed by atoms with E-state index in [-0.39, 0.29) is 0 Å². The second kappa shape index (κ2) is 4.98. The van der Waals surface area contributed by atoms with Crippen molar-refractivity contribution in [1.29, 1.82) is 0 Å². The van der Waals surface area contributed by atoms with Crippen molar-refractivity contribution < 1.29 is 0 Å². The van der Waals surface area contributed by atoms with Crippen LogP contribution in [0.5, 0.6) is 0 Å². The Labute approximate surface area is 107 Å². The maximum absolute atomic E-state index is 5.67. The molecule has 2 rings (SSSR count). The molecule has 0 radical (unpaired) electrons. The largest absolute Gasteiger partial charge is 0.330 e. The number of aryl methyl sites for hydroxylation is 2. The van der Waals surface area contributed by atoms with Gasteiger partial charge in [0.25, 0.3) is 0 Å². The highest BCUT2D eigenvalue weighted by molar-refractivity contribution is 7.10. The molecule has 1 heterocycles. The van der Waals surface area contributed by atoms with E-state index in [1.54, 1.807) is 11.3 Å². The van der Waals surface area contributed by atoms with Gasteiger partial charge in [-0.3, -0.25) is 0 Å². The Bertz CT molecular complexity index is 517. The number of thiazole rings is 1. The first kappa shape index (κ1) is 12.3. The van der Waals surface area contributed by atoms with E-state index in [9.17, 15) is 0 Å². The van der Waals surface area contributed by atoms with Crippen molar-refractivity contribution in [3.63, 3.8) is 0 Å². The van der Waals surface area contributed by atoms with Crippen LogP contribution in [0.3, 0.4) is 0 Å². The minimum atomic E-state index is 0.347. The van der Waals surface area contributed by atoms with Gasteiger partial charge in [0.1, 0.15) is 0 Å². The Morgan fingerprint density at radius 2 is 2.12 bits per heavy atom. The lowest BCUT2D eigenvalue weighted by molar-refractivity contribution is 0.766. The fourth-order valence-corrected chi connectivity index (χ4v) is 2.73. The minimum absolute atomic E-state index is 0.347. The zero-order chi connectivity index (χ0) is 12.4. The van der Waals surface area contributed by atoms with E-state index in [1.165, 1.54) is 16.7 Å². The number of benzene rings is 1. The van der Waals surface area contributed by atoms with Gasteiger partial charge in [-0.2, -0.15) is 0 Å². The van der Waals surface area contributed by atoms with Crippen LogP contribution in [-0.2, 0) is 0 Å². The molecule has 3 heteroatoms. The average Bonchev–Trinajstić information content (AvgIpc) is 2.77. The molecule has 90 valence electrons. The van der Waals surface area contributed by atoms with Gasteiger partial charge in [-0.05, 0) is 19.4 Å². The van der Waals surface area contributed by atoms with Gasteiger partial charge in [0.15, 0.2) is 0 Å². The van der Waals surface area contributed by atoms with Crippen LogP contribution < -0.4 is 5.73 Å². The van der Waals surface area contributed by atoms with E-state index < -0.39 is 0 Å². The number of nitrogens with two attached hydrogens (primary N) is 1. The predicted octanol–water partition coefficient (Wildman–Crippen LogP) is 3.49. The van der Waals surface area contributed by atoms with Crippen LogP contribution in [0.25, 0.3) is 11.3 Å². The summed E-state index contributed by atoms with van der Waals surface area (Å²) < 4.78 is 0. The Morgan fingerprint density at radius 1 is 1.35 bits per heavy atom. The number of nitrogens with zero attached hydrogens (tertiary/aromatic N) is 1. The van der Waals surface area contributed by atoms with Gasteiger partial charge in [0.2, 0.25) is 0 Å². The molecule has 1 atom stereocenters. The predicted molar refractivity (Wildman–Crippen MR) is 74.5 cm³/mol. The van der Waals surface area contributed by atoms with Crippen LogP contribution in [0.1, 0.15) is 29.0 Å². The zero-order valence-electron chi connectivity index (χ0n) is 10.5. The van der Waals surface area contributed by atoms with Crippen molar-refractivity contribution in [2.24, 2.45) is 5.73 Å². The third-order valence-corrected chi connectivity index (χ3v) is 4.03. The zero-order valence-corrected chi connectivity index (χ0v) is 11.3. The van der Waals surface area contributed by atoms with Crippen molar-refractivity contribution in [3.8, 4) is 11.3 Å². The van der Waals surface area contributed by atoms with E-state index in [1.807, 2.05) is 0 Å². The van der Waals surface area contributed by atoms with Gasteiger partial charge in [0.05, 0.1) is 10.7 Å². The van der Waals surface area contributed by atoms with Crippen molar-refractivity contribution in [1.82, 2.24) is 4.98 Å². The number of aromatic nitrogens is 1. The topological polar surface area (TPSA) is 38.9 Å². The lowest BCUT2D eigenvalue weighted by atomic mass is 10.0. The molecule has 2 N–H and O–H groups in total. The van der Waals surface area contributed by atoms with Gasteiger partial charge in [0, 0.05) is 23.4 Å². The smallest absolute Gasteiger partial charge is 0.0973 e. The molecule has 1 aromatic carbocycles. The van der Waals surface area contributed by atoms with Crippen LogP contribution >= 0.6 is 11.3 Å². The molecule has 2 aromatic rings. The molecule has 0 aliphatic rings. The molecule has 0 aliphatic heterocycles. The number of hydrogen-bond donors (Lipinski definition) is 1. The SMILES string of the molecule is Cc1ccc(-c2csc(C(C)CN)n2)c(C)c1. The van der Waals surface area contributed by atoms with Crippen LogP contribution in [0.4, 0.5) is 0 Å². The molecule has 2 nitrogen and oxygen atoms in total. The third-order valence-electron chi connectivity index (χ3n) is 2.95. The lowest BCUT2D eigenvalue weighted by Gasteiger charge is -2.05. The molecule has 1 unspecified atom stereocenters. The summed E-state index contributed by atoms with van der Waals surface area (Å²) in [4.78, 5) is 4.68. The normalized spacial score (nSPS) is 12.7. The Balaban J connectivity index is 2.37. The summed E-state index contributed by atoms with van der Waals surface area (Å²) in [5, 5.41) is 3.25. The van der Waals surface area contributed by atoms with E-state index in [0.717, 1.165) is 10.7 Å². The standard InChI is InChI=1S/C14H18N2S/c1-9-4-5-12(10(2)6-9)13-8-17-14(16-13)11(3)7-15/h4-6,8,11H,7,15H2,1-3H3. The molecule has 1 aromatic heterocycles. The summed E-state index contributed by atoms with van der Waals surface area (Å²) in [5.74, 6) is 0.347. The van der Waals surface area contributed by atoms with Crippen molar-refractivity contribution in [3.05, 3.63) is 39.7 Å². The van der Waals surface area contributed by atoms with Gasteiger partial charge in [-0.15, -0.1) is 11.3 Å². The first-order valence-electron chi connectivity index (χ1n) is 5.85. The summed E-state index contributed by atoms with van der Waals surface area (Å²) >= 11 is 1.70. The van der Waals surface area contributed by atoms with Crippen molar-refractivity contribution in [2.45, 2.75) is 26.7 Å². The highest BCUT2D eigenvalue weighted by Crippen LogP contribution is 2.28. The quantitative estimate of drug-likeness (QED) is 0.900.